The van der Waals surface area contributed by atoms with Crippen LogP contribution in [0.25, 0.3) is 31.4 Å². The minimum absolute atomic E-state index is 0.828. The van der Waals surface area contributed by atoms with Gasteiger partial charge in [0.1, 0.15) is 21.6 Å². The molecule has 0 saturated carbocycles. The highest BCUT2D eigenvalue weighted by atomic mass is 32.1. The second-order valence-electron chi connectivity index (χ2n) is 4.67. The molecule has 0 radical (unpaired) electrons. The Labute approximate surface area is 133 Å². The number of aromatic nitrogens is 4. The van der Waals surface area contributed by atoms with Gasteiger partial charge in [-0.15, -0.1) is 38.0 Å². The lowest BCUT2D eigenvalue weighted by Gasteiger charge is -2.00. The van der Waals surface area contributed by atoms with Crippen LogP contribution < -0.4 is 0 Å². The van der Waals surface area contributed by atoms with Gasteiger partial charge >= 0.3 is 0 Å². The van der Waals surface area contributed by atoms with Crippen molar-refractivity contribution in [2.24, 2.45) is 0 Å². The normalized spacial score (nSPS) is 11.3. The fourth-order valence-electron chi connectivity index (χ4n) is 2.14. The summed E-state index contributed by atoms with van der Waals surface area (Å²) in [6, 6.07) is 8.33. The maximum atomic E-state index is 4.45. The molecule has 104 valence electrons. The third-order valence-electron chi connectivity index (χ3n) is 3.12. The molecule has 4 rings (SSSR count). The van der Waals surface area contributed by atoms with Crippen molar-refractivity contribution in [1.29, 1.82) is 0 Å². The highest BCUT2D eigenvalue weighted by molar-refractivity contribution is 7.17. The molecule has 0 amide bonds. The molecule has 0 aliphatic carbocycles. The molecular weight excluding hydrogens is 320 g/mol. The first-order valence-corrected chi connectivity index (χ1v) is 8.75. The number of thiophene rings is 2. The lowest BCUT2D eigenvalue weighted by atomic mass is 10.2. The van der Waals surface area contributed by atoms with Gasteiger partial charge in [-0.05, 0) is 49.6 Å². The molecule has 0 bridgehead atoms. The summed E-state index contributed by atoms with van der Waals surface area (Å²) in [6.07, 6.45) is 0. The summed E-state index contributed by atoms with van der Waals surface area (Å²) >= 11 is 4.80. The van der Waals surface area contributed by atoms with E-state index in [0.717, 1.165) is 31.4 Å². The summed E-state index contributed by atoms with van der Waals surface area (Å²) < 4.78 is 5.12. The van der Waals surface area contributed by atoms with E-state index in [-0.39, 0.29) is 0 Å². The van der Waals surface area contributed by atoms with Gasteiger partial charge in [-0.2, -0.15) is 0 Å². The van der Waals surface area contributed by atoms with Crippen molar-refractivity contribution in [3.05, 3.63) is 34.0 Å². The third-order valence-corrected chi connectivity index (χ3v) is 5.87. The van der Waals surface area contributed by atoms with Gasteiger partial charge in [-0.25, -0.2) is 0 Å². The number of nitrogens with zero attached hydrogens (tertiary/aromatic N) is 4. The Hall–Kier alpha value is -1.70. The van der Waals surface area contributed by atoms with Crippen LogP contribution in [0.15, 0.2) is 24.3 Å². The maximum absolute atomic E-state index is 4.45. The summed E-state index contributed by atoms with van der Waals surface area (Å²) in [4.78, 5) is 4.72. The SMILES string of the molecule is Cc1ccc(-c2nnc(-c3ccc(C)s3)c3snnc23)s1. The Balaban J connectivity index is 1.96. The van der Waals surface area contributed by atoms with Crippen LogP contribution in [0.4, 0.5) is 0 Å². The third kappa shape index (κ3) is 2.17. The predicted octanol–water partition coefficient (Wildman–Crippen LogP) is 4.56. The van der Waals surface area contributed by atoms with E-state index in [1.54, 1.807) is 22.7 Å². The van der Waals surface area contributed by atoms with Crippen molar-refractivity contribution < 1.29 is 0 Å². The molecule has 7 heteroatoms. The molecule has 0 fully saturated rings. The molecule has 0 N–H and O–H groups in total. The Morgan fingerprint density at radius 1 is 0.762 bits per heavy atom. The van der Waals surface area contributed by atoms with E-state index in [2.05, 4.69) is 57.9 Å². The number of rotatable bonds is 2. The van der Waals surface area contributed by atoms with E-state index >= 15 is 0 Å². The van der Waals surface area contributed by atoms with E-state index in [1.807, 2.05) is 0 Å². The Bertz CT molecular complexity index is 860. The van der Waals surface area contributed by atoms with Crippen molar-refractivity contribution in [3.63, 3.8) is 0 Å². The summed E-state index contributed by atoms with van der Waals surface area (Å²) in [5.41, 5.74) is 2.56. The first kappa shape index (κ1) is 13.0. The molecule has 0 aromatic carbocycles. The number of fused-ring (bicyclic) bond motifs is 1. The predicted molar refractivity (Wildman–Crippen MR) is 89.1 cm³/mol. The van der Waals surface area contributed by atoms with Gasteiger partial charge in [-0.1, -0.05) is 4.49 Å². The lowest BCUT2D eigenvalue weighted by molar-refractivity contribution is 1.06. The standard InChI is InChI=1S/C14H10N4S3/c1-7-3-5-9(19-7)11-13-14(21-18-17-13)12(16-15-11)10-6-4-8(2)20-10/h3-6H,1-2H3. The van der Waals surface area contributed by atoms with Crippen LogP contribution in [0.1, 0.15) is 9.75 Å². The molecular formula is C14H10N4S3. The van der Waals surface area contributed by atoms with Crippen LogP contribution in [0.3, 0.4) is 0 Å². The number of aryl methyl sites for hydroxylation is 2. The molecule has 4 nitrogen and oxygen atoms in total. The van der Waals surface area contributed by atoms with E-state index < -0.39 is 0 Å². The zero-order valence-corrected chi connectivity index (χ0v) is 13.8. The molecule has 0 saturated heterocycles. The summed E-state index contributed by atoms with van der Waals surface area (Å²) in [5, 5.41) is 13.1. The first-order valence-electron chi connectivity index (χ1n) is 6.35. The molecule has 4 aromatic rings. The minimum atomic E-state index is 0.828. The van der Waals surface area contributed by atoms with Gasteiger partial charge in [0.25, 0.3) is 0 Å². The Kier molecular flexibility index (Phi) is 3.06. The van der Waals surface area contributed by atoms with Crippen molar-refractivity contribution in [3.8, 4) is 21.1 Å². The molecule has 4 heterocycles. The van der Waals surface area contributed by atoms with Gasteiger partial charge in [0.05, 0.1) is 9.75 Å². The smallest absolute Gasteiger partial charge is 0.137 e. The van der Waals surface area contributed by atoms with Crippen LogP contribution in [0, 0.1) is 13.8 Å². The highest BCUT2D eigenvalue weighted by Crippen LogP contribution is 2.37. The van der Waals surface area contributed by atoms with Crippen molar-refractivity contribution in [1.82, 2.24) is 19.8 Å². The van der Waals surface area contributed by atoms with Gasteiger partial charge in [0, 0.05) is 9.75 Å². The number of hydrogen-bond donors (Lipinski definition) is 0. The lowest BCUT2D eigenvalue weighted by Crippen LogP contribution is -1.91. The molecule has 0 spiro atoms. The van der Waals surface area contributed by atoms with Crippen molar-refractivity contribution >= 4 is 44.4 Å². The van der Waals surface area contributed by atoms with Crippen molar-refractivity contribution in [2.75, 3.05) is 0 Å². The largest absolute Gasteiger partial charge is 0.147 e. The second-order valence-corrected chi connectivity index (χ2v) is 8.00. The van der Waals surface area contributed by atoms with E-state index in [1.165, 1.54) is 21.3 Å². The summed E-state index contributed by atoms with van der Waals surface area (Å²) in [5.74, 6) is 0. The summed E-state index contributed by atoms with van der Waals surface area (Å²) in [6.45, 7) is 4.17. The topological polar surface area (TPSA) is 51.6 Å². The zero-order chi connectivity index (χ0) is 14.4. The minimum Gasteiger partial charge on any atom is -0.147 e. The van der Waals surface area contributed by atoms with Crippen LogP contribution in [0.5, 0.6) is 0 Å². The Morgan fingerprint density at radius 3 is 2.00 bits per heavy atom. The fraction of sp³-hybridized carbons (Fsp3) is 0.143. The van der Waals surface area contributed by atoms with E-state index in [4.69, 9.17) is 0 Å². The molecule has 0 aliphatic rings. The quantitative estimate of drug-likeness (QED) is 0.541. The average molecular weight is 330 g/mol. The summed E-state index contributed by atoms with van der Waals surface area (Å²) in [7, 11) is 0. The van der Waals surface area contributed by atoms with Crippen LogP contribution in [0.2, 0.25) is 0 Å². The first-order chi connectivity index (χ1) is 10.2. The highest BCUT2D eigenvalue weighted by Gasteiger charge is 2.17. The van der Waals surface area contributed by atoms with E-state index in [9.17, 15) is 0 Å². The zero-order valence-electron chi connectivity index (χ0n) is 11.3. The van der Waals surface area contributed by atoms with Crippen LogP contribution in [-0.4, -0.2) is 19.8 Å². The monoisotopic (exact) mass is 330 g/mol. The van der Waals surface area contributed by atoms with Gasteiger partial charge in [0.2, 0.25) is 0 Å². The molecule has 0 aliphatic heterocycles. The second kappa shape index (κ2) is 4.94. The molecule has 0 unspecified atom stereocenters. The van der Waals surface area contributed by atoms with E-state index in [0.29, 0.717) is 0 Å². The van der Waals surface area contributed by atoms with Crippen molar-refractivity contribution in [2.45, 2.75) is 13.8 Å². The fourth-order valence-corrected chi connectivity index (χ4v) is 4.59. The van der Waals surface area contributed by atoms with Gasteiger partial charge in [-0.3, -0.25) is 0 Å². The maximum Gasteiger partial charge on any atom is 0.137 e. The average Bonchev–Trinajstić information content (AvgIpc) is 3.18. The Morgan fingerprint density at radius 2 is 1.38 bits per heavy atom. The molecule has 21 heavy (non-hydrogen) atoms. The molecule has 0 atom stereocenters. The van der Waals surface area contributed by atoms with Gasteiger partial charge in [0.15, 0.2) is 0 Å². The van der Waals surface area contributed by atoms with Crippen LogP contribution >= 0.6 is 34.2 Å². The van der Waals surface area contributed by atoms with Crippen LogP contribution in [-0.2, 0) is 0 Å². The van der Waals surface area contributed by atoms with Gasteiger partial charge < -0.3 is 0 Å². The molecule has 4 aromatic heterocycles. The number of hydrogen-bond acceptors (Lipinski definition) is 7.